The largest absolute Gasteiger partial charge is 0.481 e. The molecule has 20 heavy (non-hydrogen) atoms. The lowest BCUT2D eigenvalue weighted by molar-refractivity contribution is -0.151. The number of piperazine rings is 1. The summed E-state index contributed by atoms with van der Waals surface area (Å²) in [5.74, 6) is -1.15. The van der Waals surface area contributed by atoms with E-state index in [0.29, 0.717) is 32.7 Å². The fourth-order valence-electron chi connectivity index (χ4n) is 1.99. The Morgan fingerprint density at radius 1 is 1.10 bits per heavy atom. The highest BCUT2D eigenvalue weighted by atomic mass is 16.4. The third-order valence-corrected chi connectivity index (χ3v) is 3.42. The van der Waals surface area contributed by atoms with E-state index in [2.05, 4.69) is 5.32 Å². The molecule has 0 aromatic heterocycles. The Balaban J connectivity index is 2.47. The molecule has 1 aliphatic rings. The lowest BCUT2D eigenvalue weighted by atomic mass is 9.89. The van der Waals surface area contributed by atoms with E-state index in [1.807, 2.05) is 6.92 Å². The summed E-state index contributed by atoms with van der Waals surface area (Å²) >= 11 is 0. The van der Waals surface area contributed by atoms with Gasteiger partial charge < -0.3 is 20.2 Å². The Hall–Kier alpha value is -1.79. The van der Waals surface area contributed by atoms with E-state index in [9.17, 15) is 14.4 Å². The van der Waals surface area contributed by atoms with Gasteiger partial charge in [-0.15, -0.1) is 0 Å². The van der Waals surface area contributed by atoms with Crippen molar-refractivity contribution in [3.8, 4) is 0 Å². The van der Waals surface area contributed by atoms with E-state index in [0.717, 1.165) is 0 Å². The molecular formula is C13H23N3O4. The molecule has 1 saturated heterocycles. The number of carboxylic acids is 1. The molecule has 0 spiro atoms. The van der Waals surface area contributed by atoms with Gasteiger partial charge in [0.2, 0.25) is 5.91 Å². The van der Waals surface area contributed by atoms with Gasteiger partial charge in [0.25, 0.3) is 0 Å². The lowest BCUT2D eigenvalue weighted by Gasteiger charge is -2.35. The molecule has 3 amide bonds. The summed E-state index contributed by atoms with van der Waals surface area (Å²) in [4.78, 5) is 38.0. The maximum Gasteiger partial charge on any atom is 0.317 e. The first kappa shape index (κ1) is 16.3. The molecule has 2 N–H and O–H groups in total. The Kier molecular flexibility index (Phi) is 5.35. The number of rotatable bonds is 4. The smallest absolute Gasteiger partial charge is 0.317 e. The molecule has 0 saturated carbocycles. The summed E-state index contributed by atoms with van der Waals surface area (Å²) in [5, 5.41) is 11.7. The fourth-order valence-corrected chi connectivity index (χ4v) is 1.99. The van der Waals surface area contributed by atoms with Crippen LogP contribution in [0.3, 0.4) is 0 Å². The summed E-state index contributed by atoms with van der Waals surface area (Å²) in [5.41, 5.74) is -1.06. The molecule has 0 aliphatic carbocycles. The highest BCUT2D eigenvalue weighted by Crippen LogP contribution is 2.22. The van der Waals surface area contributed by atoms with E-state index in [1.54, 1.807) is 9.80 Å². The Morgan fingerprint density at radius 3 is 2.05 bits per heavy atom. The average Bonchev–Trinajstić information content (AvgIpc) is 2.38. The Bertz CT molecular complexity index is 387. The molecule has 0 atom stereocenters. The van der Waals surface area contributed by atoms with E-state index >= 15 is 0 Å². The number of aliphatic carboxylic acids is 1. The van der Waals surface area contributed by atoms with Crippen LogP contribution in [0.25, 0.3) is 0 Å². The van der Waals surface area contributed by atoms with Crippen molar-refractivity contribution in [2.75, 3.05) is 32.7 Å². The van der Waals surface area contributed by atoms with Crippen LogP contribution in [0, 0.1) is 5.41 Å². The average molecular weight is 285 g/mol. The summed E-state index contributed by atoms with van der Waals surface area (Å²) in [7, 11) is 0. The van der Waals surface area contributed by atoms with Crippen LogP contribution in [-0.2, 0) is 9.59 Å². The molecule has 114 valence electrons. The second kappa shape index (κ2) is 6.58. The molecule has 7 heteroatoms. The quantitative estimate of drug-likeness (QED) is 0.780. The van der Waals surface area contributed by atoms with Gasteiger partial charge in [-0.1, -0.05) is 0 Å². The summed E-state index contributed by atoms with van der Waals surface area (Å²) in [6.07, 6.45) is -0.0243. The molecule has 1 heterocycles. The van der Waals surface area contributed by atoms with Gasteiger partial charge in [-0.25, -0.2) is 4.79 Å². The van der Waals surface area contributed by atoms with Crippen LogP contribution in [0.4, 0.5) is 4.79 Å². The zero-order valence-corrected chi connectivity index (χ0v) is 12.3. The third-order valence-electron chi connectivity index (χ3n) is 3.42. The minimum atomic E-state index is -1.06. The highest BCUT2D eigenvalue weighted by molar-refractivity contribution is 5.84. The maximum atomic E-state index is 12.1. The minimum Gasteiger partial charge on any atom is -0.481 e. The van der Waals surface area contributed by atoms with Gasteiger partial charge in [-0.3, -0.25) is 9.59 Å². The first-order chi connectivity index (χ1) is 9.27. The van der Waals surface area contributed by atoms with Crippen molar-refractivity contribution in [2.45, 2.75) is 27.2 Å². The van der Waals surface area contributed by atoms with Gasteiger partial charge >= 0.3 is 12.0 Å². The number of nitrogens with zero attached hydrogens (tertiary/aromatic N) is 2. The molecule has 0 bridgehead atoms. The van der Waals surface area contributed by atoms with Crippen molar-refractivity contribution < 1.29 is 19.5 Å². The Labute approximate surface area is 118 Å². The van der Waals surface area contributed by atoms with Crippen LogP contribution < -0.4 is 5.32 Å². The van der Waals surface area contributed by atoms with Crippen LogP contribution in [-0.4, -0.2) is 65.5 Å². The zero-order valence-electron chi connectivity index (χ0n) is 12.3. The van der Waals surface area contributed by atoms with E-state index in [1.165, 1.54) is 13.8 Å². The van der Waals surface area contributed by atoms with E-state index in [4.69, 9.17) is 5.11 Å². The van der Waals surface area contributed by atoms with Gasteiger partial charge in [0, 0.05) is 39.1 Å². The van der Waals surface area contributed by atoms with Crippen molar-refractivity contribution in [3.05, 3.63) is 0 Å². The predicted octanol–water partition coefficient (Wildman–Crippen LogP) is 0.361. The SMILES string of the molecule is CCNC(=O)N1CCN(C(=O)CC(C)(C)C(=O)O)CC1. The second-order valence-electron chi connectivity index (χ2n) is 5.57. The van der Waals surface area contributed by atoms with Crippen LogP contribution in [0.5, 0.6) is 0 Å². The van der Waals surface area contributed by atoms with Crippen molar-refractivity contribution in [1.29, 1.82) is 0 Å². The Morgan fingerprint density at radius 2 is 1.60 bits per heavy atom. The molecule has 1 aliphatic heterocycles. The van der Waals surface area contributed by atoms with Crippen LogP contribution >= 0.6 is 0 Å². The normalized spacial score (nSPS) is 15.9. The van der Waals surface area contributed by atoms with Crippen molar-refractivity contribution in [1.82, 2.24) is 15.1 Å². The monoisotopic (exact) mass is 285 g/mol. The highest BCUT2D eigenvalue weighted by Gasteiger charge is 2.33. The lowest BCUT2D eigenvalue weighted by Crippen LogP contribution is -2.53. The molecule has 7 nitrogen and oxygen atoms in total. The number of carbonyl (C=O) groups excluding carboxylic acids is 2. The fraction of sp³-hybridized carbons (Fsp3) is 0.769. The number of urea groups is 1. The van der Waals surface area contributed by atoms with Gasteiger partial charge in [-0.05, 0) is 20.8 Å². The molecule has 0 unspecified atom stereocenters. The number of carboxylic acid groups (broad SMARTS) is 1. The van der Waals surface area contributed by atoms with Crippen molar-refractivity contribution in [2.24, 2.45) is 5.41 Å². The summed E-state index contributed by atoms with van der Waals surface area (Å²) in [6, 6.07) is -0.120. The number of hydrogen-bond acceptors (Lipinski definition) is 3. The summed E-state index contributed by atoms with van der Waals surface area (Å²) < 4.78 is 0. The summed E-state index contributed by atoms with van der Waals surface area (Å²) in [6.45, 7) is 7.36. The third kappa shape index (κ3) is 4.11. The van der Waals surface area contributed by atoms with Gasteiger partial charge in [-0.2, -0.15) is 0 Å². The zero-order chi connectivity index (χ0) is 15.3. The van der Waals surface area contributed by atoms with E-state index in [-0.39, 0.29) is 18.4 Å². The standard InChI is InChI=1S/C13H23N3O4/c1-4-14-12(20)16-7-5-15(6-8-16)10(17)9-13(2,3)11(18)19/h4-9H2,1-3H3,(H,14,20)(H,18,19). The predicted molar refractivity (Wildman–Crippen MR) is 73.3 cm³/mol. The number of amides is 3. The first-order valence-corrected chi connectivity index (χ1v) is 6.82. The second-order valence-corrected chi connectivity index (χ2v) is 5.57. The molecule has 1 rings (SSSR count). The first-order valence-electron chi connectivity index (χ1n) is 6.82. The topological polar surface area (TPSA) is 90.0 Å². The van der Waals surface area contributed by atoms with Crippen LogP contribution in [0.1, 0.15) is 27.2 Å². The number of nitrogens with one attached hydrogen (secondary N) is 1. The molecule has 0 aromatic carbocycles. The molecule has 0 radical (unpaired) electrons. The van der Waals surface area contributed by atoms with Crippen molar-refractivity contribution in [3.63, 3.8) is 0 Å². The van der Waals surface area contributed by atoms with Crippen LogP contribution in [0.2, 0.25) is 0 Å². The molecule has 1 fully saturated rings. The number of hydrogen-bond donors (Lipinski definition) is 2. The van der Waals surface area contributed by atoms with E-state index < -0.39 is 11.4 Å². The minimum absolute atomic E-state index is 0.0243. The van der Waals surface area contributed by atoms with Gasteiger partial charge in [0.1, 0.15) is 0 Å². The maximum absolute atomic E-state index is 12.1. The van der Waals surface area contributed by atoms with Crippen molar-refractivity contribution >= 4 is 17.9 Å². The molecular weight excluding hydrogens is 262 g/mol. The van der Waals surface area contributed by atoms with Crippen LogP contribution in [0.15, 0.2) is 0 Å². The van der Waals surface area contributed by atoms with Gasteiger partial charge in [0.15, 0.2) is 0 Å². The number of carbonyl (C=O) groups is 3. The molecule has 0 aromatic rings. The van der Waals surface area contributed by atoms with Gasteiger partial charge in [0.05, 0.1) is 5.41 Å².